The quantitative estimate of drug-likeness (QED) is 0.824. The van der Waals surface area contributed by atoms with E-state index < -0.39 is 0 Å². The van der Waals surface area contributed by atoms with Crippen molar-refractivity contribution >= 4 is 11.9 Å². The SMILES string of the molecule is Cc1cccc(CC2CCN(C(=O)C3CCN(Cc4cnc(N)nc4)CC3)CC2)c1. The smallest absolute Gasteiger partial charge is 0.225 e. The number of anilines is 1. The second-order valence-electron chi connectivity index (χ2n) is 8.96. The number of aryl methyl sites for hydroxylation is 1. The molecule has 30 heavy (non-hydrogen) atoms. The molecule has 1 aromatic heterocycles. The van der Waals surface area contributed by atoms with E-state index in [0.717, 1.165) is 70.4 Å². The van der Waals surface area contributed by atoms with E-state index >= 15 is 0 Å². The van der Waals surface area contributed by atoms with Crippen LogP contribution in [0.1, 0.15) is 42.4 Å². The Bertz CT molecular complexity index is 837. The van der Waals surface area contributed by atoms with Crippen LogP contribution in [-0.2, 0) is 17.8 Å². The Morgan fingerprint density at radius 1 is 1.03 bits per heavy atom. The van der Waals surface area contributed by atoms with E-state index in [1.807, 2.05) is 0 Å². The second kappa shape index (κ2) is 9.56. The molecule has 0 atom stereocenters. The van der Waals surface area contributed by atoms with Gasteiger partial charge in [-0.25, -0.2) is 9.97 Å². The standard InChI is InChI=1S/C24H33N5O/c1-18-3-2-4-20(13-18)14-19-5-11-29(12-6-19)23(30)22-7-9-28(10-8-22)17-21-15-26-24(25)27-16-21/h2-4,13,15-16,19,22H,5-12,14,17H2,1H3,(H2,25,26,27). The molecule has 0 radical (unpaired) electrons. The molecule has 0 spiro atoms. The van der Waals surface area contributed by atoms with Gasteiger partial charge < -0.3 is 10.6 Å². The number of nitrogen functional groups attached to an aromatic ring is 1. The molecule has 1 amide bonds. The van der Waals surface area contributed by atoms with Crippen molar-refractivity contribution in [2.45, 2.75) is 45.6 Å². The summed E-state index contributed by atoms with van der Waals surface area (Å²) in [7, 11) is 0. The molecule has 1 aromatic carbocycles. The van der Waals surface area contributed by atoms with Gasteiger partial charge in [-0.1, -0.05) is 29.8 Å². The van der Waals surface area contributed by atoms with Crippen LogP contribution in [0.15, 0.2) is 36.7 Å². The van der Waals surface area contributed by atoms with Crippen LogP contribution in [0.2, 0.25) is 0 Å². The van der Waals surface area contributed by atoms with Crippen molar-refractivity contribution in [1.29, 1.82) is 0 Å². The summed E-state index contributed by atoms with van der Waals surface area (Å²) in [6.07, 6.45) is 8.85. The van der Waals surface area contributed by atoms with Crippen LogP contribution in [0.3, 0.4) is 0 Å². The number of carbonyl (C=O) groups excluding carboxylic acids is 1. The first-order chi connectivity index (χ1) is 14.6. The van der Waals surface area contributed by atoms with Crippen molar-refractivity contribution in [1.82, 2.24) is 19.8 Å². The van der Waals surface area contributed by atoms with Gasteiger partial charge in [0, 0.05) is 43.5 Å². The molecular weight excluding hydrogens is 374 g/mol. The van der Waals surface area contributed by atoms with Crippen LogP contribution in [0, 0.1) is 18.8 Å². The Morgan fingerprint density at radius 3 is 2.40 bits per heavy atom. The average molecular weight is 408 g/mol. The van der Waals surface area contributed by atoms with E-state index in [0.29, 0.717) is 17.8 Å². The van der Waals surface area contributed by atoms with Crippen molar-refractivity contribution in [3.8, 4) is 0 Å². The highest BCUT2D eigenvalue weighted by Gasteiger charge is 2.31. The number of likely N-dealkylation sites (tertiary alicyclic amines) is 2. The molecule has 2 aromatic rings. The van der Waals surface area contributed by atoms with Crippen LogP contribution in [-0.4, -0.2) is 51.9 Å². The number of rotatable bonds is 5. The highest BCUT2D eigenvalue weighted by molar-refractivity contribution is 5.79. The number of aromatic nitrogens is 2. The molecule has 2 saturated heterocycles. The Morgan fingerprint density at radius 2 is 1.73 bits per heavy atom. The summed E-state index contributed by atoms with van der Waals surface area (Å²) in [6.45, 7) is 6.71. The lowest BCUT2D eigenvalue weighted by molar-refractivity contribution is -0.138. The fourth-order valence-electron chi connectivity index (χ4n) is 4.83. The van der Waals surface area contributed by atoms with E-state index in [4.69, 9.17) is 5.73 Å². The molecule has 4 rings (SSSR count). The van der Waals surface area contributed by atoms with Gasteiger partial charge in [0.25, 0.3) is 0 Å². The number of benzene rings is 1. The third-order valence-corrected chi connectivity index (χ3v) is 6.60. The molecule has 6 nitrogen and oxygen atoms in total. The normalized spacial score (nSPS) is 19.2. The molecule has 2 aliphatic heterocycles. The first-order valence-electron chi connectivity index (χ1n) is 11.2. The third kappa shape index (κ3) is 5.36. The Hall–Kier alpha value is -2.47. The van der Waals surface area contributed by atoms with E-state index in [-0.39, 0.29) is 5.92 Å². The lowest BCUT2D eigenvalue weighted by Crippen LogP contribution is -2.45. The molecule has 2 aliphatic rings. The molecule has 6 heteroatoms. The maximum Gasteiger partial charge on any atom is 0.225 e. The van der Waals surface area contributed by atoms with Crippen molar-refractivity contribution in [2.24, 2.45) is 11.8 Å². The van der Waals surface area contributed by atoms with Gasteiger partial charge in [0.15, 0.2) is 0 Å². The van der Waals surface area contributed by atoms with Gasteiger partial charge in [-0.3, -0.25) is 9.69 Å². The summed E-state index contributed by atoms with van der Waals surface area (Å²) in [5.74, 6) is 1.56. The minimum Gasteiger partial charge on any atom is -0.368 e. The minimum absolute atomic E-state index is 0.178. The van der Waals surface area contributed by atoms with Crippen LogP contribution < -0.4 is 5.73 Å². The maximum absolute atomic E-state index is 13.0. The van der Waals surface area contributed by atoms with Crippen LogP contribution in [0.4, 0.5) is 5.95 Å². The van der Waals surface area contributed by atoms with E-state index in [9.17, 15) is 4.79 Å². The first-order valence-corrected chi connectivity index (χ1v) is 11.2. The fraction of sp³-hybridized carbons (Fsp3) is 0.542. The average Bonchev–Trinajstić information content (AvgIpc) is 2.76. The molecule has 160 valence electrons. The van der Waals surface area contributed by atoms with Gasteiger partial charge in [0.2, 0.25) is 11.9 Å². The molecule has 0 aliphatic carbocycles. The van der Waals surface area contributed by atoms with Crippen LogP contribution in [0.5, 0.6) is 0 Å². The van der Waals surface area contributed by atoms with Crippen molar-refractivity contribution in [3.63, 3.8) is 0 Å². The maximum atomic E-state index is 13.0. The Labute approximate surface area is 179 Å². The van der Waals surface area contributed by atoms with Crippen LogP contribution >= 0.6 is 0 Å². The minimum atomic E-state index is 0.178. The van der Waals surface area contributed by atoms with E-state index in [2.05, 4.69) is 51.0 Å². The number of piperidine rings is 2. The molecular formula is C24H33N5O. The summed E-state index contributed by atoms with van der Waals surface area (Å²) in [4.78, 5) is 25.7. The van der Waals surface area contributed by atoms with E-state index in [1.165, 1.54) is 11.1 Å². The predicted octanol–water partition coefficient (Wildman–Crippen LogP) is 3.06. The monoisotopic (exact) mass is 407 g/mol. The largest absolute Gasteiger partial charge is 0.368 e. The van der Waals surface area contributed by atoms with Gasteiger partial charge >= 0.3 is 0 Å². The highest BCUT2D eigenvalue weighted by Crippen LogP contribution is 2.26. The zero-order chi connectivity index (χ0) is 20.9. The Balaban J connectivity index is 1.21. The molecule has 3 heterocycles. The molecule has 2 fully saturated rings. The van der Waals surface area contributed by atoms with E-state index in [1.54, 1.807) is 12.4 Å². The fourth-order valence-corrected chi connectivity index (χ4v) is 4.83. The summed E-state index contributed by atoms with van der Waals surface area (Å²) in [6, 6.07) is 8.83. The molecule has 0 unspecified atom stereocenters. The summed E-state index contributed by atoms with van der Waals surface area (Å²) in [5.41, 5.74) is 9.39. The summed E-state index contributed by atoms with van der Waals surface area (Å²) < 4.78 is 0. The Kier molecular flexibility index (Phi) is 6.62. The second-order valence-corrected chi connectivity index (χ2v) is 8.96. The highest BCUT2D eigenvalue weighted by atomic mass is 16.2. The summed E-state index contributed by atoms with van der Waals surface area (Å²) >= 11 is 0. The van der Waals surface area contributed by atoms with Gasteiger partial charge in [-0.15, -0.1) is 0 Å². The predicted molar refractivity (Wildman–Crippen MR) is 119 cm³/mol. The first kappa shape index (κ1) is 20.8. The number of nitrogens with two attached hydrogens (primary N) is 1. The van der Waals surface area contributed by atoms with Crippen molar-refractivity contribution in [2.75, 3.05) is 31.9 Å². The number of nitrogens with zero attached hydrogens (tertiary/aromatic N) is 4. The van der Waals surface area contributed by atoms with Crippen molar-refractivity contribution < 1.29 is 4.79 Å². The lowest BCUT2D eigenvalue weighted by atomic mass is 9.88. The lowest BCUT2D eigenvalue weighted by Gasteiger charge is -2.37. The summed E-state index contributed by atoms with van der Waals surface area (Å²) in [5, 5.41) is 0. The zero-order valence-corrected chi connectivity index (χ0v) is 18.0. The van der Waals surface area contributed by atoms with Gasteiger partial charge in [0.1, 0.15) is 0 Å². The number of amides is 1. The molecule has 2 N–H and O–H groups in total. The number of hydrogen-bond donors (Lipinski definition) is 1. The number of carbonyl (C=O) groups is 1. The zero-order valence-electron chi connectivity index (χ0n) is 18.0. The van der Waals surface area contributed by atoms with Gasteiger partial charge in [-0.05, 0) is 63.6 Å². The van der Waals surface area contributed by atoms with Crippen LogP contribution in [0.25, 0.3) is 0 Å². The van der Waals surface area contributed by atoms with Gasteiger partial charge in [0.05, 0.1) is 0 Å². The molecule has 0 bridgehead atoms. The van der Waals surface area contributed by atoms with Gasteiger partial charge in [-0.2, -0.15) is 0 Å². The topological polar surface area (TPSA) is 75.4 Å². The molecule has 0 saturated carbocycles. The van der Waals surface area contributed by atoms with Crippen molar-refractivity contribution in [3.05, 3.63) is 53.3 Å². The third-order valence-electron chi connectivity index (χ3n) is 6.60. The number of hydrogen-bond acceptors (Lipinski definition) is 5.